The van der Waals surface area contributed by atoms with Crippen molar-refractivity contribution in [2.45, 2.75) is 12.7 Å². The van der Waals surface area contributed by atoms with Crippen LogP contribution in [-0.2, 0) is 15.6 Å². The molecule has 6 heteroatoms. The van der Waals surface area contributed by atoms with Crippen LogP contribution in [0.25, 0.3) is 0 Å². The van der Waals surface area contributed by atoms with E-state index in [9.17, 15) is 8.42 Å². The zero-order valence-electron chi connectivity index (χ0n) is 6.74. The van der Waals surface area contributed by atoms with Crippen LogP contribution in [0.1, 0.15) is 12.6 Å². The number of nitrogens with one attached hydrogen (secondary N) is 1. The quantitative estimate of drug-likeness (QED) is 0.696. The van der Waals surface area contributed by atoms with Crippen LogP contribution < -0.4 is 5.73 Å². The van der Waals surface area contributed by atoms with Gasteiger partial charge in [-0.15, -0.1) is 0 Å². The van der Waals surface area contributed by atoms with Gasteiger partial charge in [0.15, 0.2) is 9.84 Å². The van der Waals surface area contributed by atoms with E-state index in [0.29, 0.717) is 11.4 Å². The summed E-state index contributed by atoms with van der Waals surface area (Å²) in [5.41, 5.74) is 6.31. The van der Waals surface area contributed by atoms with Gasteiger partial charge in [-0.1, -0.05) is 6.92 Å². The summed E-state index contributed by atoms with van der Waals surface area (Å²) in [6, 6.07) is 0. The van der Waals surface area contributed by atoms with E-state index in [1.165, 1.54) is 6.20 Å². The van der Waals surface area contributed by atoms with Crippen LogP contribution in [0, 0.1) is 0 Å². The number of sulfone groups is 1. The monoisotopic (exact) mass is 189 g/mol. The minimum Gasteiger partial charge on any atom is -0.396 e. The molecule has 0 saturated heterocycles. The lowest BCUT2D eigenvalue weighted by Gasteiger charge is -1.98. The Kier molecular flexibility index (Phi) is 2.37. The van der Waals surface area contributed by atoms with Gasteiger partial charge in [0.2, 0.25) is 0 Å². The van der Waals surface area contributed by atoms with Crippen LogP contribution in [0.4, 0.5) is 5.69 Å². The van der Waals surface area contributed by atoms with Gasteiger partial charge in [-0.25, -0.2) is 8.42 Å². The number of anilines is 1. The highest BCUT2D eigenvalue weighted by Gasteiger charge is 2.12. The van der Waals surface area contributed by atoms with Crippen LogP contribution in [0.3, 0.4) is 0 Å². The third-order valence-electron chi connectivity index (χ3n) is 1.56. The third-order valence-corrected chi connectivity index (χ3v) is 3.16. The summed E-state index contributed by atoms with van der Waals surface area (Å²) in [5.74, 6) is 0.0563. The lowest BCUT2D eigenvalue weighted by Crippen LogP contribution is -2.08. The fraction of sp³-hybridized carbons (Fsp3) is 0.500. The molecule has 0 radical (unpaired) electrons. The fourth-order valence-electron chi connectivity index (χ4n) is 0.760. The molecule has 1 heterocycles. The molecule has 0 unspecified atom stereocenters. The fourth-order valence-corrected chi connectivity index (χ4v) is 1.63. The van der Waals surface area contributed by atoms with Gasteiger partial charge in [-0.3, -0.25) is 5.10 Å². The van der Waals surface area contributed by atoms with Crippen molar-refractivity contribution in [3.05, 3.63) is 11.9 Å². The summed E-state index contributed by atoms with van der Waals surface area (Å²) >= 11 is 0. The molecule has 5 nitrogen and oxygen atoms in total. The van der Waals surface area contributed by atoms with E-state index >= 15 is 0 Å². The number of nitrogens with two attached hydrogens (primary N) is 1. The molecule has 0 atom stereocenters. The lowest BCUT2D eigenvalue weighted by molar-refractivity contribution is 0.596. The second kappa shape index (κ2) is 3.14. The predicted molar refractivity (Wildman–Crippen MR) is 46.2 cm³/mol. The van der Waals surface area contributed by atoms with E-state index in [1.807, 2.05) is 0 Å². The predicted octanol–water partition coefficient (Wildman–Crippen LogP) is -0.0734. The van der Waals surface area contributed by atoms with Crippen molar-refractivity contribution >= 4 is 15.5 Å². The van der Waals surface area contributed by atoms with E-state index in [1.54, 1.807) is 6.92 Å². The molecule has 0 amide bonds. The highest BCUT2D eigenvalue weighted by molar-refractivity contribution is 7.90. The molecule has 0 aliphatic heterocycles. The molecular formula is C6H11N3O2S. The number of hydrogen-bond acceptors (Lipinski definition) is 4. The Morgan fingerprint density at radius 2 is 2.33 bits per heavy atom. The van der Waals surface area contributed by atoms with Gasteiger partial charge < -0.3 is 5.73 Å². The van der Waals surface area contributed by atoms with Gasteiger partial charge in [0, 0.05) is 5.75 Å². The highest BCUT2D eigenvalue weighted by Crippen LogP contribution is 2.10. The second-order valence-corrected chi connectivity index (χ2v) is 4.83. The van der Waals surface area contributed by atoms with Crippen LogP contribution in [0.15, 0.2) is 6.20 Å². The number of hydrogen-bond donors (Lipinski definition) is 2. The third kappa shape index (κ3) is 1.97. The molecule has 68 valence electrons. The van der Waals surface area contributed by atoms with Crippen LogP contribution in [0.2, 0.25) is 0 Å². The average molecular weight is 189 g/mol. The Morgan fingerprint density at radius 1 is 1.67 bits per heavy atom. The van der Waals surface area contributed by atoms with Gasteiger partial charge in [0.05, 0.1) is 23.3 Å². The van der Waals surface area contributed by atoms with Crippen molar-refractivity contribution in [2.75, 3.05) is 11.5 Å². The number of aromatic nitrogens is 2. The number of rotatable bonds is 3. The zero-order chi connectivity index (χ0) is 9.19. The molecule has 0 aliphatic carbocycles. The van der Waals surface area contributed by atoms with Crippen molar-refractivity contribution in [1.29, 1.82) is 0 Å². The van der Waals surface area contributed by atoms with E-state index in [4.69, 9.17) is 5.73 Å². The molecule has 0 spiro atoms. The minimum atomic E-state index is -3.02. The van der Waals surface area contributed by atoms with Crippen LogP contribution in [0.5, 0.6) is 0 Å². The van der Waals surface area contributed by atoms with E-state index in [2.05, 4.69) is 10.2 Å². The summed E-state index contributed by atoms with van der Waals surface area (Å²) in [6.45, 7) is 1.60. The first-order chi connectivity index (χ1) is 5.55. The molecule has 0 bridgehead atoms. The Labute approximate surface area is 70.9 Å². The molecule has 3 N–H and O–H groups in total. The Balaban J connectivity index is 2.84. The Morgan fingerprint density at radius 3 is 2.75 bits per heavy atom. The molecular weight excluding hydrogens is 178 g/mol. The van der Waals surface area contributed by atoms with E-state index in [0.717, 1.165) is 0 Å². The number of nitrogens with zero attached hydrogens (tertiary/aromatic N) is 1. The molecule has 0 aliphatic rings. The molecule has 1 aromatic rings. The molecule has 0 saturated carbocycles. The van der Waals surface area contributed by atoms with Gasteiger partial charge in [-0.2, -0.15) is 5.10 Å². The zero-order valence-corrected chi connectivity index (χ0v) is 7.56. The van der Waals surface area contributed by atoms with Crippen LogP contribution >= 0.6 is 0 Å². The van der Waals surface area contributed by atoms with Gasteiger partial charge >= 0.3 is 0 Å². The molecule has 1 aromatic heterocycles. The van der Waals surface area contributed by atoms with Crippen molar-refractivity contribution in [3.63, 3.8) is 0 Å². The van der Waals surface area contributed by atoms with Crippen molar-refractivity contribution in [2.24, 2.45) is 0 Å². The molecule has 0 fully saturated rings. The Hall–Kier alpha value is -1.04. The van der Waals surface area contributed by atoms with Crippen molar-refractivity contribution in [1.82, 2.24) is 10.2 Å². The van der Waals surface area contributed by atoms with E-state index in [-0.39, 0.29) is 11.5 Å². The average Bonchev–Trinajstić information content (AvgIpc) is 2.36. The smallest absolute Gasteiger partial charge is 0.155 e. The SMILES string of the molecule is CCS(=O)(=O)Cc1[nH]ncc1N. The van der Waals surface area contributed by atoms with Gasteiger partial charge in [-0.05, 0) is 0 Å². The maximum absolute atomic E-state index is 11.1. The summed E-state index contributed by atoms with van der Waals surface area (Å²) in [5, 5.41) is 6.17. The number of nitrogen functional groups attached to an aromatic ring is 1. The second-order valence-electron chi connectivity index (χ2n) is 2.48. The van der Waals surface area contributed by atoms with Crippen molar-refractivity contribution in [3.8, 4) is 0 Å². The Bertz CT molecular complexity index is 355. The summed E-state index contributed by atoms with van der Waals surface area (Å²) in [7, 11) is -3.02. The lowest BCUT2D eigenvalue weighted by atomic mass is 10.4. The summed E-state index contributed by atoms with van der Waals surface area (Å²) < 4.78 is 22.2. The standard InChI is InChI=1S/C6H11N3O2S/c1-2-12(10,11)4-6-5(7)3-8-9-6/h3H,2,4,7H2,1H3,(H,8,9). The minimum absolute atomic E-state index is 0.0602. The number of aromatic amines is 1. The summed E-state index contributed by atoms with van der Waals surface area (Å²) in [6.07, 6.45) is 1.40. The normalized spacial score (nSPS) is 11.8. The molecule has 12 heavy (non-hydrogen) atoms. The topological polar surface area (TPSA) is 88.8 Å². The van der Waals surface area contributed by atoms with Gasteiger partial charge in [0.25, 0.3) is 0 Å². The maximum Gasteiger partial charge on any atom is 0.155 e. The van der Waals surface area contributed by atoms with Crippen molar-refractivity contribution < 1.29 is 8.42 Å². The first-order valence-electron chi connectivity index (χ1n) is 3.53. The first kappa shape index (κ1) is 9.05. The van der Waals surface area contributed by atoms with Gasteiger partial charge in [0.1, 0.15) is 0 Å². The largest absolute Gasteiger partial charge is 0.396 e. The number of H-pyrrole nitrogens is 1. The highest BCUT2D eigenvalue weighted by atomic mass is 32.2. The van der Waals surface area contributed by atoms with Crippen LogP contribution in [-0.4, -0.2) is 24.4 Å². The first-order valence-corrected chi connectivity index (χ1v) is 5.35. The molecule has 0 aromatic carbocycles. The summed E-state index contributed by atoms with van der Waals surface area (Å²) in [4.78, 5) is 0. The van der Waals surface area contributed by atoms with E-state index < -0.39 is 9.84 Å². The maximum atomic E-state index is 11.1. The molecule has 1 rings (SSSR count).